The van der Waals surface area contributed by atoms with Crippen LogP contribution in [-0.2, 0) is 13.6 Å². The van der Waals surface area contributed by atoms with Gasteiger partial charge in [-0.05, 0) is 18.9 Å². The molecule has 2 aliphatic heterocycles. The molecule has 0 bridgehead atoms. The van der Waals surface area contributed by atoms with E-state index in [4.69, 9.17) is 9.47 Å². The third kappa shape index (κ3) is 3.19. The van der Waals surface area contributed by atoms with Gasteiger partial charge in [-0.2, -0.15) is 0 Å². The van der Waals surface area contributed by atoms with Crippen LogP contribution < -0.4 is 25.2 Å². The van der Waals surface area contributed by atoms with E-state index in [-0.39, 0.29) is 5.56 Å². The lowest BCUT2D eigenvalue weighted by molar-refractivity contribution is 0.173. The number of anilines is 1. The summed E-state index contributed by atoms with van der Waals surface area (Å²) in [5.74, 6) is 2.22. The second-order valence-corrected chi connectivity index (χ2v) is 6.46. The van der Waals surface area contributed by atoms with Gasteiger partial charge >= 0.3 is 0 Å². The minimum absolute atomic E-state index is 0.0362. The summed E-state index contributed by atoms with van der Waals surface area (Å²) in [6.07, 6.45) is 5.32. The van der Waals surface area contributed by atoms with Crippen LogP contribution in [0.3, 0.4) is 0 Å². The predicted octanol–water partition coefficient (Wildman–Crippen LogP) is 1.27. The Morgan fingerprint density at radius 3 is 2.96 bits per heavy atom. The summed E-state index contributed by atoms with van der Waals surface area (Å²) in [4.78, 5) is 18.5. The van der Waals surface area contributed by atoms with Crippen molar-refractivity contribution in [3.05, 3.63) is 46.5 Å². The van der Waals surface area contributed by atoms with E-state index in [0.717, 1.165) is 49.5 Å². The topological polar surface area (TPSA) is 68.6 Å². The molecule has 1 aromatic heterocycles. The number of aryl methyl sites for hydroxylation is 1. The van der Waals surface area contributed by atoms with Crippen molar-refractivity contribution in [2.24, 2.45) is 7.05 Å². The van der Waals surface area contributed by atoms with Crippen molar-refractivity contribution in [2.45, 2.75) is 25.4 Å². The molecule has 0 aliphatic carbocycles. The lowest BCUT2D eigenvalue weighted by Crippen LogP contribution is -2.44. The number of ether oxygens (including phenoxy) is 2. The van der Waals surface area contributed by atoms with Crippen molar-refractivity contribution in [2.75, 3.05) is 24.8 Å². The van der Waals surface area contributed by atoms with Crippen LogP contribution in [0.2, 0.25) is 0 Å². The molecule has 4 rings (SSSR count). The van der Waals surface area contributed by atoms with E-state index in [1.807, 2.05) is 12.1 Å². The minimum atomic E-state index is -0.0362. The van der Waals surface area contributed by atoms with Crippen LogP contribution in [0, 0.1) is 0 Å². The van der Waals surface area contributed by atoms with Crippen molar-refractivity contribution < 1.29 is 9.47 Å². The molecule has 0 amide bonds. The first kappa shape index (κ1) is 16.0. The molecule has 0 spiro atoms. The van der Waals surface area contributed by atoms with E-state index in [0.29, 0.717) is 18.7 Å². The van der Waals surface area contributed by atoms with Gasteiger partial charge in [0, 0.05) is 50.7 Å². The Balaban J connectivity index is 1.35. The third-order valence-corrected chi connectivity index (χ3v) is 4.85. The molecule has 1 saturated heterocycles. The SMILES string of the molecule is Cn1ccnc(N2CCC(NCc3cccc4c3OCO4)CC2)c1=O. The quantitative estimate of drug-likeness (QED) is 0.902. The standard InChI is InChI=1S/C18H22N4O3/c1-21-10-7-19-17(18(21)23)22-8-5-14(6-9-22)20-11-13-3-2-4-15-16(13)25-12-24-15/h2-4,7,10,14,20H,5-6,8-9,11-12H2,1H3. The van der Waals surface area contributed by atoms with E-state index in [1.165, 1.54) is 0 Å². The van der Waals surface area contributed by atoms with Crippen molar-refractivity contribution in [1.29, 1.82) is 0 Å². The molecule has 1 aromatic carbocycles. The molecule has 0 radical (unpaired) electrons. The molecule has 3 heterocycles. The zero-order valence-electron chi connectivity index (χ0n) is 14.3. The summed E-state index contributed by atoms with van der Waals surface area (Å²) < 4.78 is 12.5. The molecule has 2 aliphatic rings. The molecular weight excluding hydrogens is 320 g/mol. The molecule has 25 heavy (non-hydrogen) atoms. The van der Waals surface area contributed by atoms with Crippen molar-refractivity contribution in [3.63, 3.8) is 0 Å². The predicted molar refractivity (Wildman–Crippen MR) is 94.1 cm³/mol. The average molecular weight is 342 g/mol. The van der Waals surface area contributed by atoms with E-state index in [9.17, 15) is 4.79 Å². The first-order chi connectivity index (χ1) is 12.2. The number of piperidine rings is 1. The highest BCUT2D eigenvalue weighted by molar-refractivity contribution is 5.48. The number of nitrogens with one attached hydrogen (secondary N) is 1. The second kappa shape index (κ2) is 6.76. The molecule has 0 unspecified atom stereocenters. The van der Waals surface area contributed by atoms with Gasteiger partial charge in [-0.25, -0.2) is 4.98 Å². The number of rotatable bonds is 4. The Bertz CT molecular complexity index is 812. The van der Waals surface area contributed by atoms with Gasteiger partial charge in [0.1, 0.15) is 0 Å². The smallest absolute Gasteiger partial charge is 0.293 e. The van der Waals surface area contributed by atoms with Crippen molar-refractivity contribution in [1.82, 2.24) is 14.9 Å². The lowest BCUT2D eigenvalue weighted by atomic mass is 10.0. The average Bonchev–Trinajstić information content (AvgIpc) is 3.12. The highest BCUT2D eigenvalue weighted by atomic mass is 16.7. The third-order valence-electron chi connectivity index (χ3n) is 4.85. The van der Waals surface area contributed by atoms with Crippen LogP contribution in [0.1, 0.15) is 18.4 Å². The summed E-state index contributed by atoms with van der Waals surface area (Å²) in [5.41, 5.74) is 1.09. The van der Waals surface area contributed by atoms with Gasteiger partial charge in [0.15, 0.2) is 17.3 Å². The van der Waals surface area contributed by atoms with Crippen molar-refractivity contribution in [3.8, 4) is 11.5 Å². The Morgan fingerprint density at radius 1 is 1.28 bits per heavy atom. The van der Waals surface area contributed by atoms with Crippen LogP contribution >= 0.6 is 0 Å². The van der Waals surface area contributed by atoms with E-state index < -0.39 is 0 Å². The van der Waals surface area contributed by atoms with E-state index in [1.54, 1.807) is 24.0 Å². The Morgan fingerprint density at radius 2 is 2.12 bits per heavy atom. The number of hydrogen-bond acceptors (Lipinski definition) is 6. The first-order valence-electron chi connectivity index (χ1n) is 8.60. The number of benzene rings is 1. The summed E-state index contributed by atoms with van der Waals surface area (Å²) in [7, 11) is 1.76. The summed E-state index contributed by atoms with van der Waals surface area (Å²) >= 11 is 0. The molecule has 132 valence electrons. The number of aromatic nitrogens is 2. The number of para-hydroxylation sites is 1. The maximum absolute atomic E-state index is 12.2. The summed E-state index contributed by atoms with van der Waals surface area (Å²) in [6, 6.07) is 6.40. The second-order valence-electron chi connectivity index (χ2n) is 6.46. The first-order valence-corrected chi connectivity index (χ1v) is 8.60. The number of nitrogens with zero attached hydrogens (tertiary/aromatic N) is 3. The van der Waals surface area contributed by atoms with Gasteiger partial charge in [0.2, 0.25) is 6.79 Å². The normalized spacial score (nSPS) is 17.1. The monoisotopic (exact) mass is 342 g/mol. The van der Waals surface area contributed by atoms with Crippen LogP contribution in [-0.4, -0.2) is 35.5 Å². The minimum Gasteiger partial charge on any atom is -0.454 e. The Labute approximate surface area is 146 Å². The highest BCUT2D eigenvalue weighted by Gasteiger charge is 2.23. The lowest BCUT2D eigenvalue weighted by Gasteiger charge is -2.33. The molecular formula is C18H22N4O3. The van der Waals surface area contributed by atoms with Crippen LogP contribution in [0.15, 0.2) is 35.4 Å². The fraction of sp³-hybridized carbons (Fsp3) is 0.444. The maximum atomic E-state index is 12.2. The summed E-state index contributed by atoms with van der Waals surface area (Å²) in [5, 5.41) is 3.60. The molecule has 2 aromatic rings. The van der Waals surface area contributed by atoms with Crippen molar-refractivity contribution >= 4 is 5.82 Å². The number of fused-ring (bicyclic) bond motifs is 1. The fourth-order valence-electron chi connectivity index (χ4n) is 3.38. The van der Waals surface area contributed by atoms with Gasteiger partial charge in [-0.3, -0.25) is 4.79 Å². The van der Waals surface area contributed by atoms with Gasteiger partial charge in [0.05, 0.1) is 0 Å². The van der Waals surface area contributed by atoms with Crippen LogP contribution in [0.25, 0.3) is 0 Å². The highest BCUT2D eigenvalue weighted by Crippen LogP contribution is 2.35. The van der Waals surface area contributed by atoms with Crippen LogP contribution in [0.4, 0.5) is 5.82 Å². The molecule has 7 heteroatoms. The number of hydrogen-bond donors (Lipinski definition) is 1. The van der Waals surface area contributed by atoms with E-state index >= 15 is 0 Å². The zero-order chi connectivity index (χ0) is 17.2. The Kier molecular flexibility index (Phi) is 4.31. The molecule has 1 fully saturated rings. The molecule has 7 nitrogen and oxygen atoms in total. The summed E-state index contributed by atoms with van der Waals surface area (Å²) in [6.45, 7) is 2.71. The van der Waals surface area contributed by atoms with E-state index in [2.05, 4.69) is 21.3 Å². The molecule has 1 N–H and O–H groups in total. The molecule has 0 saturated carbocycles. The maximum Gasteiger partial charge on any atom is 0.293 e. The van der Waals surface area contributed by atoms with Gasteiger partial charge in [0.25, 0.3) is 5.56 Å². The Hall–Kier alpha value is -2.54. The van der Waals surface area contributed by atoms with Gasteiger partial charge < -0.3 is 24.3 Å². The fourth-order valence-corrected chi connectivity index (χ4v) is 3.38. The van der Waals surface area contributed by atoms with Gasteiger partial charge in [-0.1, -0.05) is 12.1 Å². The van der Waals surface area contributed by atoms with Crippen LogP contribution in [0.5, 0.6) is 11.5 Å². The zero-order valence-corrected chi connectivity index (χ0v) is 14.3. The van der Waals surface area contributed by atoms with Gasteiger partial charge in [-0.15, -0.1) is 0 Å². The molecule has 0 atom stereocenters. The largest absolute Gasteiger partial charge is 0.454 e.